The average molecular weight is 464 g/mol. The molecule has 0 bridgehead atoms. The van der Waals surface area contributed by atoms with Gasteiger partial charge in [-0.3, -0.25) is 4.79 Å². The van der Waals surface area contributed by atoms with E-state index in [0.29, 0.717) is 42.6 Å². The highest BCUT2D eigenvalue weighted by Gasteiger charge is 2.28. The van der Waals surface area contributed by atoms with Gasteiger partial charge in [0.05, 0.1) is 0 Å². The lowest BCUT2D eigenvalue weighted by molar-refractivity contribution is -0.127. The Balaban J connectivity index is 0.00000225. The molecule has 1 aromatic carbocycles. The maximum atomic E-state index is 13.9. The van der Waals surface area contributed by atoms with Gasteiger partial charge in [-0.05, 0) is 36.5 Å². The van der Waals surface area contributed by atoms with Crippen molar-refractivity contribution in [3.05, 3.63) is 34.9 Å². The molecule has 5 nitrogen and oxygen atoms in total. The second-order valence-electron chi connectivity index (χ2n) is 6.54. The fraction of sp³-hybridized carbons (Fsp3) is 0.529. The van der Waals surface area contributed by atoms with Gasteiger partial charge in [0.25, 0.3) is 0 Å². The maximum Gasteiger partial charge on any atom is 0.243 e. The molecule has 0 atom stereocenters. The molecule has 1 heterocycles. The molecule has 0 saturated heterocycles. The lowest BCUT2D eigenvalue weighted by atomic mass is 9.99. The van der Waals surface area contributed by atoms with Gasteiger partial charge in [0.15, 0.2) is 5.96 Å². The first-order chi connectivity index (χ1) is 11.4. The first-order valence-corrected chi connectivity index (χ1v) is 8.17. The summed E-state index contributed by atoms with van der Waals surface area (Å²) in [5.41, 5.74) is 1.21. The third-order valence-electron chi connectivity index (χ3n) is 4.32. The van der Waals surface area contributed by atoms with Crippen LogP contribution in [0.1, 0.15) is 24.0 Å². The van der Waals surface area contributed by atoms with E-state index in [2.05, 4.69) is 10.3 Å². The van der Waals surface area contributed by atoms with Crippen LogP contribution in [0.3, 0.4) is 0 Å². The molecule has 1 fully saturated rings. The number of fused-ring (bicyclic) bond motifs is 1. The molecule has 25 heavy (non-hydrogen) atoms. The Labute approximate surface area is 163 Å². The van der Waals surface area contributed by atoms with Crippen LogP contribution in [0.5, 0.6) is 0 Å². The van der Waals surface area contributed by atoms with Crippen LogP contribution in [-0.4, -0.2) is 54.9 Å². The number of guanidine groups is 1. The summed E-state index contributed by atoms with van der Waals surface area (Å²) in [6.07, 6.45) is 2.65. The van der Waals surface area contributed by atoms with Gasteiger partial charge in [0, 0.05) is 39.3 Å². The third kappa shape index (κ3) is 5.02. The highest BCUT2D eigenvalue weighted by atomic mass is 127. The van der Waals surface area contributed by atoms with E-state index in [1.165, 1.54) is 11.0 Å². The summed E-state index contributed by atoms with van der Waals surface area (Å²) in [4.78, 5) is 19.7. The molecule has 138 valence electrons. The van der Waals surface area contributed by atoms with Crippen molar-refractivity contribution in [2.45, 2.75) is 31.8 Å². The average Bonchev–Trinajstić information content (AvgIpc) is 3.34. The number of nitrogens with zero attached hydrogens (tertiary/aromatic N) is 3. The predicted molar refractivity (Wildman–Crippen MR) is 103 cm³/mol. The van der Waals surface area contributed by atoms with Gasteiger partial charge >= 0.3 is 0 Å². The molecule has 0 spiro atoms. The van der Waals surface area contributed by atoms with Gasteiger partial charge in [0.1, 0.15) is 18.2 Å². The summed E-state index contributed by atoms with van der Waals surface area (Å²) in [7, 11) is 3.38. The summed E-state index contributed by atoms with van der Waals surface area (Å²) in [6, 6.07) is 2.69. The van der Waals surface area contributed by atoms with Crippen LogP contribution in [0.25, 0.3) is 0 Å². The molecule has 1 aliphatic carbocycles. The topological polar surface area (TPSA) is 47.9 Å². The molecule has 1 saturated carbocycles. The fourth-order valence-electron chi connectivity index (χ4n) is 2.72. The Bertz CT molecular complexity index is 677. The summed E-state index contributed by atoms with van der Waals surface area (Å²) >= 11 is 0. The Kier molecular flexibility index (Phi) is 6.59. The van der Waals surface area contributed by atoms with E-state index in [-0.39, 0.29) is 36.4 Å². The molecule has 0 unspecified atom stereocenters. The summed E-state index contributed by atoms with van der Waals surface area (Å²) < 4.78 is 27.4. The number of hydrogen-bond acceptors (Lipinski definition) is 2. The number of hydrogen-bond donors (Lipinski definition) is 1. The van der Waals surface area contributed by atoms with E-state index in [9.17, 15) is 13.6 Å². The molecule has 2 aliphatic rings. The number of carbonyl (C=O) groups is 1. The highest BCUT2D eigenvalue weighted by Crippen LogP contribution is 2.24. The van der Waals surface area contributed by atoms with Crippen molar-refractivity contribution in [1.82, 2.24) is 15.1 Å². The van der Waals surface area contributed by atoms with Gasteiger partial charge in [-0.15, -0.1) is 24.0 Å². The van der Waals surface area contributed by atoms with Crippen molar-refractivity contribution in [1.29, 1.82) is 0 Å². The largest absolute Gasteiger partial charge is 0.353 e. The molecule has 1 N–H and O–H groups in total. The zero-order valence-corrected chi connectivity index (χ0v) is 16.7. The zero-order chi connectivity index (χ0) is 17.3. The van der Waals surface area contributed by atoms with E-state index in [1.54, 1.807) is 14.1 Å². The van der Waals surface area contributed by atoms with Gasteiger partial charge in [0.2, 0.25) is 5.91 Å². The summed E-state index contributed by atoms with van der Waals surface area (Å²) in [5.74, 6) is -0.492. The monoisotopic (exact) mass is 464 g/mol. The van der Waals surface area contributed by atoms with Crippen LogP contribution in [-0.2, 0) is 17.8 Å². The molecular weight excluding hydrogens is 441 g/mol. The van der Waals surface area contributed by atoms with E-state index in [4.69, 9.17) is 0 Å². The number of benzene rings is 1. The Morgan fingerprint density at radius 1 is 1.36 bits per heavy atom. The second kappa shape index (κ2) is 8.29. The lowest BCUT2D eigenvalue weighted by Gasteiger charge is -2.32. The van der Waals surface area contributed by atoms with Crippen LogP contribution >= 0.6 is 24.0 Å². The number of likely N-dealkylation sites (N-methyl/N-ethyl adjacent to an activating group) is 1. The van der Waals surface area contributed by atoms with Crippen LogP contribution in [0.4, 0.5) is 8.78 Å². The predicted octanol–water partition coefficient (Wildman–Crippen LogP) is 2.14. The standard InChI is InChI=1S/C17H22F2N4O.HI/c1-22(2)16(24)9-20-17(21-13-3-4-13)23-6-5-14-11(10-23)7-12(18)8-15(14)19;/h7-8,13H,3-6,9-10H2,1-2H3,(H,20,21);1H. The molecule has 8 heteroatoms. The zero-order valence-electron chi connectivity index (χ0n) is 14.4. The van der Waals surface area contributed by atoms with Crippen molar-refractivity contribution in [2.24, 2.45) is 4.99 Å². The minimum Gasteiger partial charge on any atom is -0.353 e. The number of carbonyl (C=O) groups excluding carboxylic acids is 1. The van der Waals surface area contributed by atoms with Crippen LogP contribution in [0.15, 0.2) is 17.1 Å². The Morgan fingerprint density at radius 2 is 2.08 bits per heavy atom. The van der Waals surface area contributed by atoms with E-state index in [0.717, 1.165) is 18.9 Å². The number of nitrogens with one attached hydrogen (secondary N) is 1. The summed E-state index contributed by atoms with van der Waals surface area (Å²) in [5, 5.41) is 3.33. The molecule has 3 rings (SSSR count). The van der Waals surface area contributed by atoms with Crippen molar-refractivity contribution in [3.8, 4) is 0 Å². The smallest absolute Gasteiger partial charge is 0.243 e. The van der Waals surface area contributed by atoms with E-state index < -0.39 is 11.6 Å². The quantitative estimate of drug-likeness (QED) is 0.424. The lowest BCUT2D eigenvalue weighted by Crippen LogP contribution is -2.45. The number of amides is 1. The molecule has 1 amide bonds. The number of rotatable bonds is 3. The highest BCUT2D eigenvalue weighted by molar-refractivity contribution is 14.0. The van der Waals surface area contributed by atoms with Crippen molar-refractivity contribution in [3.63, 3.8) is 0 Å². The van der Waals surface area contributed by atoms with Crippen LogP contribution < -0.4 is 5.32 Å². The summed E-state index contributed by atoms with van der Waals surface area (Å²) in [6.45, 7) is 1.03. The normalized spacial score (nSPS) is 16.8. The van der Waals surface area contributed by atoms with Crippen LogP contribution in [0.2, 0.25) is 0 Å². The first-order valence-electron chi connectivity index (χ1n) is 8.17. The minimum absolute atomic E-state index is 0. The SMILES string of the molecule is CN(C)C(=O)CN=C(NC1CC1)N1CCc2c(F)cc(F)cc2C1.I. The Morgan fingerprint density at radius 3 is 2.72 bits per heavy atom. The molecular formula is C17H23F2IN4O. The van der Waals surface area contributed by atoms with Gasteiger partial charge in [-0.1, -0.05) is 0 Å². The maximum absolute atomic E-state index is 13.9. The fourth-order valence-corrected chi connectivity index (χ4v) is 2.72. The number of aliphatic imine (C=N–C) groups is 1. The van der Waals surface area contributed by atoms with Gasteiger partial charge in [-0.2, -0.15) is 0 Å². The van der Waals surface area contributed by atoms with Gasteiger partial charge in [-0.25, -0.2) is 13.8 Å². The van der Waals surface area contributed by atoms with Crippen molar-refractivity contribution in [2.75, 3.05) is 27.2 Å². The minimum atomic E-state index is -0.565. The van der Waals surface area contributed by atoms with E-state index in [1.807, 2.05) is 4.90 Å². The first kappa shape index (κ1) is 19.9. The van der Waals surface area contributed by atoms with Crippen LogP contribution in [0, 0.1) is 11.6 Å². The van der Waals surface area contributed by atoms with Crippen molar-refractivity contribution >= 4 is 35.8 Å². The third-order valence-corrected chi connectivity index (χ3v) is 4.32. The second-order valence-corrected chi connectivity index (χ2v) is 6.54. The van der Waals surface area contributed by atoms with Crippen molar-refractivity contribution < 1.29 is 13.6 Å². The Hall–Kier alpha value is -1.45. The molecule has 1 aromatic rings. The molecule has 0 aromatic heterocycles. The number of halogens is 3. The molecule has 0 radical (unpaired) electrons. The molecule has 1 aliphatic heterocycles. The van der Waals surface area contributed by atoms with Gasteiger partial charge < -0.3 is 15.1 Å². The van der Waals surface area contributed by atoms with E-state index >= 15 is 0 Å².